The maximum absolute atomic E-state index is 13.5. The molecule has 0 radical (unpaired) electrons. The Morgan fingerprint density at radius 2 is 1.67 bits per heavy atom. The van der Waals surface area contributed by atoms with Gasteiger partial charge in [0.2, 0.25) is 5.91 Å². The Hall–Kier alpha value is -2.17. The number of β-lactam (4-membered cyclic amide) rings is 1. The molecule has 168 valence electrons. The van der Waals surface area contributed by atoms with E-state index in [0.717, 1.165) is 9.21 Å². The van der Waals surface area contributed by atoms with Gasteiger partial charge in [-0.3, -0.25) is 9.10 Å². The van der Waals surface area contributed by atoms with Gasteiger partial charge in [-0.2, -0.15) is 0 Å². The molecule has 4 atom stereocenters. The summed E-state index contributed by atoms with van der Waals surface area (Å²) in [5, 5.41) is 22.0. The van der Waals surface area contributed by atoms with Crippen molar-refractivity contribution >= 4 is 27.6 Å². The summed E-state index contributed by atoms with van der Waals surface area (Å²) in [6.45, 7) is 2.96. The molecule has 0 aromatic heterocycles. The fourth-order valence-corrected chi connectivity index (χ4v) is 6.09. The maximum Gasteiger partial charge on any atom is 1.00 e. The number of nitrogens with zero attached hydrogens (tertiary/aromatic N) is 2. The van der Waals surface area contributed by atoms with Crippen LogP contribution in [0.15, 0.2) is 76.8 Å². The average molecular weight is 479 g/mol. The summed E-state index contributed by atoms with van der Waals surface area (Å²) in [4.78, 5) is 25.8. The molecule has 2 aliphatic rings. The second kappa shape index (κ2) is 9.60. The minimum atomic E-state index is -4.04. The Morgan fingerprint density at radius 1 is 1.12 bits per heavy atom. The van der Waals surface area contributed by atoms with Crippen LogP contribution in [0.4, 0.5) is 5.69 Å². The molecule has 1 amide bonds. The second-order valence-corrected chi connectivity index (χ2v) is 9.94. The average Bonchev–Trinajstić information content (AvgIpc) is 3.01. The van der Waals surface area contributed by atoms with Gasteiger partial charge in [0.25, 0.3) is 10.0 Å². The van der Waals surface area contributed by atoms with Crippen LogP contribution in [0.5, 0.6) is 0 Å². The molecule has 8 nitrogen and oxygen atoms in total. The minimum Gasteiger partial charge on any atom is -0.543 e. The monoisotopic (exact) mass is 478 g/mol. The zero-order valence-electron chi connectivity index (χ0n) is 18.6. The van der Waals surface area contributed by atoms with E-state index in [4.69, 9.17) is 0 Å². The number of aliphatic hydroxyl groups excluding tert-OH is 1. The van der Waals surface area contributed by atoms with Crippen LogP contribution < -0.4 is 39.0 Å². The van der Waals surface area contributed by atoms with Crippen molar-refractivity contribution in [3.05, 3.63) is 71.9 Å². The zero-order chi connectivity index (χ0) is 23.2. The molecular weight excluding hydrogens is 455 g/mol. The number of aliphatic hydroxyl groups is 1. The number of hydrogen-bond acceptors (Lipinski definition) is 6. The van der Waals surface area contributed by atoms with Gasteiger partial charge >= 0.3 is 29.6 Å². The van der Waals surface area contributed by atoms with Gasteiger partial charge in [0, 0.05) is 5.92 Å². The fourth-order valence-electron chi connectivity index (χ4n) is 4.63. The number of fused-ring (bicyclic) bond motifs is 1. The number of carbonyl (C=O) groups is 2. The van der Waals surface area contributed by atoms with Crippen molar-refractivity contribution in [2.24, 2.45) is 11.8 Å². The molecule has 0 saturated carbocycles. The molecular formula is C23H23N2NaO6S. The molecule has 2 aliphatic heterocycles. The number of carboxylic acids is 1. The number of para-hydroxylation sites is 1. The first-order chi connectivity index (χ1) is 15.2. The van der Waals surface area contributed by atoms with E-state index in [1.54, 1.807) is 55.5 Å². The number of anilines is 1. The maximum atomic E-state index is 13.5. The summed E-state index contributed by atoms with van der Waals surface area (Å²) in [5.41, 5.74) is 0.324. The first-order valence-corrected chi connectivity index (χ1v) is 11.7. The predicted molar refractivity (Wildman–Crippen MR) is 114 cm³/mol. The molecule has 10 heteroatoms. The van der Waals surface area contributed by atoms with Crippen LogP contribution in [0.2, 0.25) is 0 Å². The van der Waals surface area contributed by atoms with Gasteiger partial charge in [-0.05, 0) is 36.8 Å². The molecule has 0 aliphatic carbocycles. The molecule has 1 N–H and O–H groups in total. The van der Waals surface area contributed by atoms with E-state index in [1.165, 1.54) is 19.1 Å². The molecule has 2 aromatic rings. The van der Waals surface area contributed by atoms with Crippen LogP contribution in [-0.4, -0.2) is 49.0 Å². The van der Waals surface area contributed by atoms with Crippen molar-refractivity contribution in [2.75, 3.05) is 10.8 Å². The van der Waals surface area contributed by atoms with Gasteiger partial charge in [0.15, 0.2) is 0 Å². The van der Waals surface area contributed by atoms with Crippen molar-refractivity contribution < 1.29 is 57.8 Å². The Bertz CT molecular complexity index is 1180. The van der Waals surface area contributed by atoms with Crippen molar-refractivity contribution in [1.29, 1.82) is 0 Å². The molecule has 0 unspecified atom stereocenters. The summed E-state index contributed by atoms with van der Waals surface area (Å²) in [7, 11) is -4.04. The number of rotatable bonds is 7. The summed E-state index contributed by atoms with van der Waals surface area (Å²) in [5.74, 6) is -3.26. The van der Waals surface area contributed by atoms with E-state index in [1.807, 2.05) is 0 Å². The van der Waals surface area contributed by atoms with Crippen molar-refractivity contribution in [1.82, 2.24) is 4.90 Å². The van der Waals surface area contributed by atoms with Crippen LogP contribution >= 0.6 is 0 Å². The number of carboxylic acid groups (broad SMARTS) is 1. The molecule has 33 heavy (non-hydrogen) atoms. The molecule has 1 fully saturated rings. The Balaban J connectivity index is 0.00000306. The van der Waals surface area contributed by atoms with E-state index in [-0.39, 0.29) is 52.3 Å². The Labute approximate surface area is 214 Å². The third kappa shape index (κ3) is 4.24. The van der Waals surface area contributed by atoms with Crippen LogP contribution in [-0.2, 0) is 19.6 Å². The Kier molecular flexibility index (Phi) is 7.40. The SMILES string of the molecule is C[C@@H](O)[C@H]1C(=O)N2C(C(=O)[O-])=C(CN(c3ccccc3)S(=O)(=O)c3ccccc3)[C@H](C)[C@H]12.[Na+]. The first-order valence-electron chi connectivity index (χ1n) is 10.2. The quantitative estimate of drug-likeness (QED) is 0.355. The van der Waals surface area contributed by atoms with E-state index in [9.17, 15) is 28.2 Å². The van der Waals surface area contributed by atoms with Crippen molar-refractivity contribution in [2.45, 2.75) is 30.9 Å². The zero-order valence-corrected chi connectivity index (χ0v) is 21.4. The van der Waals surface area contributed by atoms with Crippen molar-refractivity contribution in [3.8, 4) is 0 Å². The van der Waals surface area contributed by atoms with Crippen LogP contribution in [0.25, 0.3) is 0 Å². The smallest absolute Gasteiger partial charge is 0.543 e. The third-order valence-electron chi connectivity index (χ3n) is 6.20. The standard InChI is InChI=1S/C23H24N2O6S.Na/c1-14-18(21(23(28)29)25-20(14)19(15(2)26)22(25)27)13-24(16-9-5-3-6-10-16)32(30,31)17-11-7-4-8-12-17;/h3-12,14-15,19-20,26H,13H2,1-2H3,(H,28,29);/q;+1/p-1/t14-,15+,19+,20+;/m0./s1. The number of hydrogen-bond donors (Lipinski definition) is 1. The molecule has 0 spiro atoms. The topological polar surface area (TPSA) is 118 Å². The summed E-state index contributed by atoms with van der Waals surface area (Å²) >= 11 is 0. The van der Waals surface area contributed by atoms with E-state index in [0.29, 0.717) is 5.69 Å². The van der Waals surface area contributed by atoms with Gasteiger partial charge in [-0.25, -0.2) is 8.42 Å². The summed E-state index contributed by atoms with van der Waals surface area (Å²) in [6.07, 6.45) is -0.952. The first kappa shape index (κ1) is 25.5. The van der Waals surface area contributed by atoms with Crippen LogP contribution in [0, 0.1) is 11.8 Å². The number of carbonyl (C=O) groups excluding carboxylic acids is 2. The molecule has 4 rings (SSSR count). The number of aliphatic carboxylic acids is 1. The minimum absolute atomic E-state index is 0. The largest absolute Gasteiger partial charge is 1.00 e. The van der Waals surface area contributed by atoms with E-state index in [2.05, 4.69) is 0 Å². The number of benzene rings is 2. The number of sulfonamides is 1. The fraction of sp³-hybridized carbons (Fsp3) is 0.304. The number of amides is 1. The molecule has 0 bridgehead atoms. The molecule has 2 heterocycles. The normalized spacial score (nSPS) is 22.8. The van der Waals surface area contributed by atoms with Gasteiger partial charge in [0.05, 0.1) is 46.9 Å². The van der Waals surface area contributed by atoms with Gasteiger partial charge in [-0.15, -0.1) is 0 Å². The van der Waals surface area contributed by atoms with Crippen molar-refractivity contribution in [3.63, 3.8) is 0 Å². The van der Waals surface area contributed by atoms with Crippen LogP contribution in [0.1, 0.15) is 13.8 Å². The van der Waals surface area contributed by atoms with E-state index >= 15 is 0 Å². The summed E-state index contributed by atoms with van der Waals surface area (Å²) < 4.78 is 28.2. The molecule has 2 aromatic carbocycles. The van der Waals surface area contributed by atoms with Crippen LogP contribution in [0.3, 0.4) is 0 Å². The second-order valence-electron chi connectivity index (χ2n) is 8.08. The Morgan fingerprint density at radius 3 is 2.18 bits per heavy atom. The third-order valence-corrected chi connectivity index (χ3v) is 7.99. The van der Waals surface area contributed by atoms with Gasteiger partial charge in [-0.1, -0.05) is 43.3 Å². The van der Waals surface area contributed by atoms with E-state index < -0.39 is 45.9 Å². The predicted octanol–water partition coefficient (Wildman–Crippen LogP) is -2.25. The summed E-state index contributed by atoms with van der Waals surface area (Å²) in [6, 6.07) is 15.7. The van der Waals surface area contributed by atoms with Gasteiger partial charge < -0.3 is 19.9 Å². The van der Waals surface area contributed by atoms with Gasteiger partial charge in [0.1, 0.15) is 0 Å². The molecule has 1 saturated heterocycles.